The highest BCUT2D eigenvalue weighted by Crippen LogP contribution is 2.20. The summed E-state index contributed by atoms with van der Waals surface area (Å²) in [5.74, 6) is -0.367. The van der Waals surface area contributed by atoms with E-state index in [1.807, 2.05) is 20.8 Å². The number of amides is 1. The molecule has 0 spiro atoms. The third kappa shape index (κ3) is 5.22. The van der Waals surface area contributed by atoms with Crippen molar-refractivity contribution in [3.05, 3.63) is 28.2 Å². The van der Waals surface area contributed by atoms with Crippen molar-refractivity contribution in [2.75, 3.05) is 6.54 Å². The van der Waals surface area contributed by atoms with E-state index in [4.69, 9.17) is 0 Å². The maximum atomic E-state index is 12.2. The van der Waals surface area contributed by atoms with Gasteiger partial charge in [0.05, 0.1) is 11.4 Å². The highest BCUT2D eigenvalue weighted by atomic mass is 79.9. The molecular formula is C13H19BrN2O3S. The lowest BCUT2D eigenvalue weighted by atomic mass is 10.1. The van der Waals surface area contributed by atoms with Gasteiger partial charge in [-0.15, -0.1) is 0 Å². The number of benzene rings is 1. The zero-order valence-electron chi connectivity index (χ0n) is 12.0. The molecular weight excluding hydrogens is 344 g/mol. The maximum Gasteiger partial charge on any atom is 0.241 e. The van der Waals surface area contributed by atoms with Crippen LogP contribution < -0.4 is 10.0 Å². The van der Waals surface area contributed by atoms with E-state index in [0.717, 1.165) is 0 Å². The van der Waals surface area contributed by atoms with Gasteiger partial charge in [-0.1, -0.05) is 22.0 Å². The summed E-state index contributed by atoms with van der Waals surface area (Å²) < 4.78 is 27.3. The summed E-state index contributed by atoms with van der Waals surface area (Å²) in [4.78, 5) is 11.8. The van der Waals surface area contributed by atoms with Crippen LogP contribution in [-0.2, 0) is 14.8 Å². The molecule has 1 aromatic rings. The Morgan fingerprint density at radius 2 is 1.90 bits per heavy atom. The number of hydrogen-bond acceptors (Lipinski definition) is 3. The van der Waals surface area contributed by atoms with E-state index in [-0.39, 0.29) is 17.3 Å². The third-order valence-electron chi connectivity index (χ3n) is 2.38. The van der Waals surface area contributed by atoms with E-state index in [2.05, 4.69) is 26.0 Å². The number of carbonyl (C=O) groups excluding carboxylic acids is 1. The van der Waals surface area contributed by atoms with Gasteiger partial charge >= 0.3 is 0 Å². The molecule has 1 rings (SSSR count). The number of nitrogens with one attached hydrogen (secondary N) is 2. The van der Waals surface area contributed by atoms with Crippen molar-refractivity contribution in [1.29, 1.82) is 0 Å². The van der Waals surface area contributed by atoms with Crippen LogP contribution in [0.5, 0.6) is 0 Å². The van der Waals surface area contributed by atoms with Crippen LogP contribution in [0.1, 0.15) is 26.3 Å². The molecule has 7 heteroatoms. The van der Waals surface area contributed by atoms with Crippen LogP contribution in [0.25, 0.3) is 0 Å². The zero-order chi connectivity index (χ0) is 15.6. The van der Waals surface area contributed by atoms with Gasteiger partial charge in [-0.2, -0.15) is 0 Å². The van der Waals surface area contributed by atoms with E-state index in [1.54, 1.807) is 19.1 Å². The molecule has 5 nitrogen and oxygen atoms in total. The molecule has 0 aliphatic rings. The summed E-state index contributed by atoms with van der Waals surface area (Å²) in [5, 5.41) is 2.69. The maximum absolute atomic E-state index is 12.2. The number of aryl methyl sites for hydroxylation is 1. The minimum Gasteiger partial charge on any atom is -0.350 e. The second kappa shape index (κ2) is 6.24. The number of carbonyl (C=O) groups is 1. The van der Waals surface area contributed by atoms with Crippen molar-refractivity contribution in [3.8, 4) is 0 Å². The van der Waals surface area contributed by atoms with E-state index < -0.39 is 15.6 Å². The van der Waals surface area contributed by atoms with Gasteiger partial charge in [0.25, 0.3) is 0 Å². The molecule has 0 saturated carbocycles. The summed E-state index contributed by atoms with van der Waals surface area (Å²) in [6, 6.07) is 4.98. The number of halogens is 1. The average Bonchev–Trinajstić information content (AvgIpc) is 2.27. The van der Waals surface area contributed by atoms with Gasteiger partial charge in [-0.3, -0.25) is 4.79 Å². The molecule has 0 atom stereocenters. The lowest BCUT2D eigenvalue weighted by molar-refractivity contribution is -0.121. The molecule has 1 aromatic carbocycles. The van der Waals surface area contributed by atoms with Crippen LogP contribution in [-0.4, -0.2) is 26.4 Å². The highest BCUT2D eigenvalue weighted by molar-refractivity contribution is 9.10. The molecule has 1 amide bonds. The largest absolute Gasteiger partial charge is 0.350 e. The minimum absolute atomic E-state index is 0.162. The Labute approximate surface area is 128 Å². The molecule has 0 aliphatic heterocycles. The fourth-order valence-corrected chi connectivity index (χ4v) is 3.33. The van der Waals surface area contributed by atoms with Crippen LogP contribution >= 0.6 is 15.9 Å². The number of hydrogen-bond donors (Lipinski definition) is 2. The van der Waals surface area contributed by atoms with Crippen molar-refractivity contribution in [2.24, 2.45) is 0 Å². The normalized spacial score (nSPS) is 12.2. The first kappa shape index (κ1) is 17.1. The van der Waals surface area contributed by atoms with Crippen molar-refractivity contribution in [3.63, 3.8) is 0 Å². The fourth-order valence-electron chi connectivity index (χ4n) is 1.56. The topological polar surface area (TPSA) is 75.3 Å². The van der Waals surface area contributed by atoms with Gasteiger partial charge < -0.3 is 5.32 Å². The second-order valence-electron chi connectivity index (χ2n) is 5.53. The number of rotatable bonds is 4. The molecule has 0 fully saturated rings. The van der Waals surface area contributed by atoms with Crippen LogP contribution in [0.4, 0.5) is 0 Å². The van der Waals surface area contributed by atoms with Crippen LogP contribution in [0.2, 0.25) is 0 Å². The monoisotopic (exact) mass is 362 g/mol. The number of sulfonamides is 1. The molecule has 0 aliphatic carbocycles. The van der Waals surface area contributed by atoms with E-state index in [1.165, 1.54) is 6.07 Å². The smallest absolute Gasteiger partial charge is 0.241 e. The Morgan fingerprint density at radius 1 is 1.30 bits per heavy atom. The lowest BCUT2D eigenvalue weighted by Crippen LogP contribution is -2.45. The van der Waals surface area contributed by atoms with E-state index >= 15 is 0 Å². The standard InChI is InChI=1S/C13H19BrN2O3S/c1-9-5-6-10(14)7-11(9)20(18,19)15-8-12(17)16-13(2,3)4/h5-7,15H,8H2,1-4H3,(H,16,17). The third-order valence-corrected chi connectivity index (χ3v) is 4.41. The molecule has 2 N–H and O–H groups in total. The van der Waals surface area contributed by atoms with Crippen molar-refractivity contribution < 1.29 is 13.2 Å². The van der Waals surface area contributed by atoms with Gasteiger partial charge in [0.1, 0.15) is 0 Å². The lowest BCUT2D eigenvalue weighted by Gasteiger charge is -2.20. The first-order chi connectivity index (χ1) is 9.01. The van der Waals surface area contributed by atoms with Gasteiger partial charge in [0, 0.05) is 10.0 Å². The van der Waals surface area contributed by atoms with Gasteiger partial charge in [-0.25, -0.2) is 13.1 Å². The Kier molecular flexibility index (Phi) is 5.34. The van der Waals surface area contributed by atoms with Gasteiger partial charge in [0.15, 0.2) is 0 Å². The molecule has 0 unspecified atom stereocenters. The van der Waals surface area contributed by atoms with Crippen LogP contribution in [0, 0.1) is 6.92 Å². The quantitative estimate of drug-likeness (QED) is 0.859. The van der Waals surface area contributed by atoms with Crippen molar-refractivity contribution in [2.45, 2.75) is 38.1 Å². The predicted octanol–water partition coefficient (Wildman–Crippen LogP) is 1.95. The Hall–Kier alpha value is -0.920. The van der Waals surface area contributed by atoms with E-state index in [0.29, 0.717) is 10.0 Å². The summed E-state index contributed by atoms with van der Waals surface area (Å²) in [7, 11) is -3.70. The molecule has 0 aromatic heterocycles. The first-order valence-electron chi connectivity index (χ1n) is 6.08. The summed E-state index contributed by atoms with van der Waals surface area (Å²) in [6.45, 7) is 6.91. The Morgan fingerprint density at radius 3 is 2.45 bits per heavy atom. The molecule has 0 radical (unpaired) electrons. The molecule has 20 heavy (non-hydrogen) atoms. The molecule has 0 saturated heterocycles. The Bertz CT molecular complexity index is 607. The second-order valence-corrected chi connectivity index (χ2v) is 8.18. The molecule has 112 valence electrons. The predicted molar refractivity (Wildman–Crippen MR) is 82.0 cm³/mol. The van der Waals surface area contributed by atoms with Crippen molar-refractivity contribution in [1.82, 2.24) is 10.0 Å². The zero-order valence-corrected chi connectivity index (χ0v) is 14.4. The van der Waals surface area contributed by atoms with Crippen molar-refractivity contribution >= 4 is 31.9 Å². The highest BCUT2D eigenvalue weighted by Gasteiger charge is 2.20. The fraction of sp³-hybridized carbons (Fsp3) is 0.462. The van der Waals surface area contributed by atoms with Crippen LogP contribution in [0.15, 0.2) is 27.6 Å². The van der Waals surface area contributed by atoms with Gasteiger partial charge in [0.2, 0.25) is 15.9 Å². The SMILES string of the molecule is Cc1ccc(Br)cc1S(=O)(=O)NCC(=O)NC(C)(C)C. The van der Waals surface area contributed by atoms with Gasteiger partial charge in [-0.05, 0) is 45.4 Å². The van der Waals surface area contributed by atoms with Crippen LogP contribution in [0.3, 0.4) is 0 Å². The Balaban J connectivity index is 2.81. The molecule has 0 bridgehead atoms. The molecule has 0 heterocycles. The summed E-state index contributed by atoms with van der Waals surface area (Å²) in [5.41, 5.74) is 0.228. The minimum atomic E-state index is -3.70. The average molecular weight is 363 g/mol. The van der Waals surface area contributed by atoms with E-state index in [9.17, 15) is 13.2 Å². The summed E-state index contributed by atoms with van der Waals surface area (Å²) >= 11 is 3.24. The summed E-state index contributed by atoms with van der Waals surface area (Å²) in [6.07, 6.45) is 0. The first-order valence-corrected chi connectivity index (χ1v) is 8.36.